The molecule has 0 bridgehead atoms. The molecule has 6 heteroatoms. The first kappa shape index (κ1) is 16.6. The number of hydrogen-bond acceptors (Lipinski definition) is 5. The predicted molar refractivity (Wildman–Crippen MR) is 91.3 cm³/mol. The fraction of sp³-hybridized carbons (Fsp3) is 0.647. The van der Waals surface area contributed by atoms with E-state index in [2.05, 4.69) is 22.9 Å². The molecule has 0 aromatic carbocycles. The van der Waals surface area contributed by atoms with Crippen molar-refractivity contribution in [2.75, 3.05) is 32.8 Å². The molecule has 23 heavy (non-hydrogen) atoms. The summed E-state index contributed by atoms with van der Waals surface area (Å²) in [7, 11) is 0. The van der Waals surface area contributed by atoms with E-state index in [4.69, 9.17) is 4.74 Å². The molecule has 0 spiro atoms. The van der Waals surface area contributed by atoms with E-state index in [0.29, 0.717) is 13.2 Å². The van der Waals surface area contributed by atoms with Gasteiger partial charge in [0.25, 0.3) is 0 Å². The van der Waals surface area contributed by atoms with Crippen molar-refractivity contribution in [3.05, 3.63) is 27.9 Å². The maximum absolute atomic E-state index is 12.7. The van der Waals surface area contributed by atoms with Crippen LogP contribution in [0.2, 0.25) is 0 Å². The van der Waals surface area contributed by atoms with Crippen LogP contribution in [0.15, 0.2) is 17.2 Å². The van der Waals surface area contributed by atoms with Gasteiger partial charge in [0.15, 0.2) is 0 Å². The molecule has 1 saturated heterocycles. The molecule has 5 nitrogen and oxygen atoms in total. The molecule has 1 aliphatic carbocycles. The number of amides is 1. The van der Waals surface area contributed by atoms with Gasteiger partial charge in [-0.3, -0.25) is 9.69 Å². The van der Waals surface area contributed by atoms with E-state index in [1.54, 1.807) is 11.3 Å². The van der Waals surface area contributed by atoms with E-state index in [1.807, 2.05) is 17.2 Å². The van der Waals surface area contributed by atoms with Gasteiger partial charge in [0.1, 0.15) is 11.1 Å². The van der Waals surface area contributed by atoms with Crippen molar-refractivity contribution in [2.45, 2.75) is 39.2 Å². The highest BCUT2D eigenvalue weighted by atomic mass is 32.1. The van der Waals surface area contributed by atoms with E-state index in [-0.39, 0.29) is 12.0 Å². The number of rotatable bonds is 5. The number of hydrogen-bond donors (Lipinski definition) is 0. The lowest BCUT2D eigenvalue weighted by atomic mass is 10.2. The number of aryl methyl sites for hydroxylation is 1. The summed E-state index contributed by atoms with van der Waals surface area (Å²) in [6, 6.07) is 0. The summed E-state index contributed by atoms with van der Waals surface area (Å²) in [5.74, 6) is 0.205. The Balaban J connectivity index is 1.59. The van der Waals surface area contributed by atoms with Crippen LogP contribution in [-0.2, 0) is 9.53 Å². The standard InChI is InChI=1S/C17H25N3O2S/c1-3-20(14-6-4-5-7-14)16(21)11-19-8-9-22-15(10-19)17-18-13(2)12-23-17/h6,12,15H,3-5,7-11H2,1-2H3/t15-/m0/s1. The highest BCUT2D eigenvalue weighted by molar-refractivity contribution is 7.09. The molecule has 126 valence electrons. The van der Waals surface area contributed by atoms with Crippen LogP contribution in [0.25, 0.3) is 0 Å². The topological polar surface area (TPSA) is 45.7 Å². The summed E-state index contributed by atoms with van der Waals surface area (Å²) < 4.78 is 5.85. The molecule has 1 amide bonds. The first-order valence-electron chi connectivity index (χ1n) is 8.42. The molecule has 1 fully saturated rings. The van der Waals surface area contributed by atoms with Gasteiger partial charge in [0.05, 0.1) is 13.2 Å². The minimum atomic E-state index is -0.00368. The largest absolute Gasteiger partial charge is 0.368 e. The third-order valence-corrected chi connectivity index (χ3v) is 5.46. The van der Waals surface area contributed by atoms with E-state index in [1.165, 1.54) is 12.1 Å². The fourth-order valence-corrected chi connectivity index (χ4v) is 4.07. The quantitative estimate of drug-likeness (QED) is 0.830. The molecule has 2 heterocycles. The number of carbonyl (C=O) groups excluding carboxylic acids is 1. The van der Waals surface area contributed by atoms with Gasteiger partial charge in [0, 0.05) is 36.4 Å². The molecule has 1 atom stereocenters. The molecular formula is C17H25N3O2S. The fourth-order valence-electron chi connectivity index (χ4n) is 3.23. The number of allylic oxidation sites excluding steroid dienone is 2. The summed E-state index contributed by atoms with van der Waals surface area (Å²) in [4.78, 5) is 21.3. The average molecular weight is 335 g/mol. The second-order valence-electron chi connectivity index (χ2n) is 6.15. The monoisotopic (exact) mass is 335 g/mol. The van der Waals surface area contributed by atoms with E-state index < -0.39 is 0 Å². The number of carbonyl (C=O) groups is 1. The van der Waals surface area contributed by atoms with Crippen LogP contribution in [0.5, 0.6) is 0 Å². The maximum atomic E-state index is 12.7. The van der Waals surface area contributed by atoms with Crippen LogP contribution in [0, 0.1) is 6.92 Å². The zero-order valence-electron chi connectivity index (χ0n) is 14.0. The van der Waals surface area contributed by atoms with E-state index in [0.717, 1.165) is 43.2 Å². The van der Waals surface area contributed by atoms with Crippen molar-refractivity contribution in [1.29, 1.82) is 0 Å². The summed E-state index contributed by atoms with van der Waals surface area (Å²) in [6.45, 7) is 7.49. The lowest BCUT2D eigenvalue weighted by Crippen LogP contribution is -2.45. The Morgan fingerprint density at radius 3 is 3.09 bits per heavy atom. The first-order chi connectivity index (χ1) is 11.2. The van der Waals surface area contributed by atoms with Crippen LogP contribution in [0.3, 0.4) is 0 Å². The molecule has 1 aliphatic heterocycles. The summed E-state index contributed by atoms with van der Waals surface area (Å²) in [5, 5.41) is 3.07. The predicted octanol–water partition coefficient (Wildman–Crippen LogP) is 2.74. The zero-order chi connectivity index (χ0) is 16.2. The van der Waals surface area contributed by atoms with Gasteiger partial charge >= 0.3 is 0 Å². The summed E-state index contributed by atoms with van der Waals surface area (Å²) in [6.07, 6.45) is 5.51. The van der Waals surface area contributed by atoms with Gasteiger partial charge in [0.2, 0.25) is 5.91 Å². The second kappa shape index (κ2) is 7.55. The average Bonchev–Trinajstić information content (AvgIpc) is 3.20. The van der Waals surface area contributed by atoms with Crippen LogP contribution < -0.4 is 0 Å². The zero-order valence-corrected chi connectivity index (χ0v) is 14.8. The van der Waals surface area contributed by atoms with Crippen LogP contribution in [0.4, 0.5) is 0 Å². The number of aromatic nitrogens is 1. The van der Waals surface area contributed by atoms with Crippen molar-refractivity contribution in [3.8, 4) is 0 Å². The number of ether oxygens (including phenoxy) is 1. The normalized spacial score (nSPS) is 22.2. The number of nitrogens with zero attached hydrogens (tertiary/aromatic N) is 3. The highest BCUT2D eigenvalue weighted by Gasteiger charge is 2.27. The van der Waals surface area contributed by atoms with Crippen molar-refractivity contribution >= 4 is 17.2 Å². The minimum absolute atomic E-state index is 0.00368. The smallest absolute Gasteiger partial charge is 0.240 e. The lowest BCUT2D eigenvalue weighted by molar-refractivity contribution is -0.132. The molecule has 0 radical (unpaired) electrons. The van der Waals surface area contributed by atoms with Crippen molar-refractivity contribution in [3.63, 3.8) is 0 Å². The van der Waals surface area contributed by atoms with Crippen molar-refractivity contribution < 1.29 is 9.53 Å². The van der Waals surface area contributed by atoms with Crippen molar-refractivity contribution in [1.82, 2.24) is 14.8 Å². The number of morpholine rings is 1. The molecule has 0 N–H and O–H groups in total. The van der Waals surface area contributed by atoms with Crippen LogP contribution >= 0.6 is 11.3 Å². The van der Waals surface area contributed by atoms with Gasteiger partial charge < -0.3 is 9.64 Å². The molecular weight excluding hydrogens is 310 g/mol. The Bertz CT molecular complexity index is 584. The first-order valence-corrected chi connectivity index (χ1v) is 9.30. The lowest BCUT2D eigenvalue weighted by Gasteiger charge is -2.33. The van der Waals surface area contributed by atoms with Gasteiger partial charge in [-0.15, -0.1) is 11.3 Å². The van der Waals surface area contributed by atoms with Gasteiger partial charge in [-0.25, -0.2) is 4.98 Å². The van der Waals surface area contributed by atoms with Gasteiger partial charge in [-0.2, -0.15) is 0 Å². The summed E-state index contributed by atoms with van der Waals surface area (Å²) in [5.41, 5.74) is 2.24. The second-order valence-corrected chi connectivity index (χ2v) is 7.04. The SMILES string of the molecule is CCN(C(=O)CN1CCO[C@H](c2nc(C)cs2)C1)C1=CCCC1. The Hall–Kier alpha value is -1.24. The molecule has 0 saturated carbocycles. The number of thiazole rings is 1. The Labute approximate surface area is 141 Å². The molecule has 0 unspecified atom stereocenters. The Morgan fingerprint density at radius 1 is 1.57 bits per heavy atom. The van der Waals surface area contributed by atoms with E-state index >= 15 is 0 Å². The molecule has 2 aliphatic rings. The number of likely N-dealkylation sites (N-methyl/N-ethyl adjacent to an activating group) is 1. The molecule has 3 rings (SSSR count). The highest BCUT2D eigenvalue weighted by Crippen LogP contribution is 2.26. The third-order valence-electron chi connectivity index (χ3n) is 4.40. The van der Waals surface area contributed by atoms with Crippen LogP contribution in [-0.4, -0.2) is 53.5 Å². The summed E-state index contributed by atoms with van der Waals surface area (Å²) >= 11 is 1.64. The van der Waals surface area contributed by atoms with Crippen molar-refractivity contribution in [2.24, 2.45) is 0 Å². The molecule has 1 aromatic heterocycles. The minimum Gasteiger partial charge on any atom is -0.368 e. The Kier molecular flexibility index (Phi) is 5.46. The third kappa shape index (κ3) is 4.00. The molecule has 1 aromatic rings. The Morgan fingerprint density at radius 2 is 2.43 bits per heavy atom. The van der Waals surface area contributed by atoms with E-state index in [9.17, 15) is 4.79 Å². The van der Waals surface area contributed by atoms with Gasteiger partial charge in [-0.05, 0) is 33.1 Å². The van der Waals surface area contributed by atoms with Crippen LogP contribution in [0.1, 0.15) is 43.0 Å². The van der Waals surface area contributed by atoms with Gasteiger partial charge in [-0.1, -0.05) is 6.08 Å². The maximum Gasteiger partial charge on any atom is 0.240 e.